The molecule has 0 bridgehead atoms. The number of rotatable bonds is 6. The van der Waals surface area contributed by atoms with E-state index < -0.39 is 0 Å². The Morgan fingerprint density at radius 2 is 2.16 bits per heavy atom. The Bertz CT molecular complexity index is 359. The van der Waals surface area contributed by atoms with Crippen molar-refractivity contribution >= 4 is 11.3 Å². The number of nitrogens with zero attached hydrogens (tertiary/aromatic N) is 2. The molecule has 1 aliphatic heterocycles. The fraction of sp³-hybridized carbons (Fsp3) is 0.800. The van der Waals surface area contributed by atoms with Gasteiger partial charge in [0.2, 0.25) is 0 Å². The highest BCUT2D eigenvalue weighted by Crippen LogP contribution is 2.29. The maximum atomic E-state index is 4.46. The van der Waals surface area contributed by atoms with Crippen LogP contribution in [0.4, 0.5) is 0 Å². The Morgan fingerprint density at radius 1 is 1.42 bits per heavy atom. The normalized spacial score (nSPS) is 22.1. The summed E-state index contributed by atoms with van der Waals surface area (Å²) < 4.78 is 0. The fourth-order valence-electron chi connectivity index (χ4n) is 3.26. The predicted octanol–water partition coefficient (Wildman–Crippen LogP) is 2.93. The molecule has 1 saturated heterocycles. The monoisotopic (exact) mass is 281 g/mol. The molecular formula is C15H27N3S. The maximum Gasteiger partial charge on any atom is 0.0941 e. The van der Waals surface area contributed by atoms with Crippen LogP contribution in [0.25, 0.3) is 0 Å². The molecule has 1 aromatic heterocycles. The zero-order valence-corrected chi connectivity index (χ0v) is 13.3. The quantitative estimate of drug-likeness (QED) is 0.869. The van der Waals surface area contributed by atoms with Gasteiger partial charge in [0.15, 0.2) is 0 Å². The van der Waals surface area contributed by atoms with Crippen LogP contribution < -0.4 is 5.32 Å². The molecular weight excluding hydrogens is 254 g/mol. The lowest BCUT2D eigenvalue weighted by Gasteiger charge is -2.48. The largest absolute Gasteiger partial charge is 0.315 e. The van der Waals surface area contributed by atoms with E-state index >= 15 is 0 Å². The van der Waals surface area contributed by atoms with E-state index in [4.69, 9.17) is 0 Å². The van der Waals surface area contributed by atoms with E-state index in [9.17, 15) is 0 Å². The minimum Gasteiger partial charge on any atom is -0.315 e. The van der Waals surface area contributed by atoms with Crippen LogP contribution in [0.5, 0.6) is 0 Å². The van der Waals surface area contributed by atoms with Crippen LogP contribution in [0.15, 0.2) is 11.6 Å². The molecule has 108 valence electrons. The highest BCUT2D eigenvalue weighted by molar-refractivity contribution is 7.09. The lowest BCUT2D eigenvalue weighted by molar-refractivity contribution is 0.0453. The van der Waals surface area contributed by atoms with E-state index in [1.54, 1.807) is 11.3 Å². The van der Waals surface area contributed by atoms with E-state index in [1.807, 2.05) is 6.20 Å². The molecule has 1 aliphatic rings. The van der Waals surface area contributed by atoms with Gasteiger partial charge in [0.05, 0.1) is 5.01 Å². The summed E-state index contributed by atoms with van der Waals surface area (Å²) in [5.41, 5.74) is 0.237. The van der Waals surface area contributed by atoms with Crippen molar-refractivity contribution in [3.8, 4) is 0 Å². The second-order valence-corrected chi connectivity index (χ2v) is 6.71. The Kier molecular flexibility index (Phi) is 5.37. The molecule has 0 saturated carbocycles. The number of aromatic nitrogens is 1. The van der Waals surface area contributed by atoms with Gasteiger partial charge >= 0.3 is 0 Å². The number of thiazole rings is 1. The van der Waals surface area contributed by atoms with Crippen molar-refractivity contribution in [1.29, 1.82) is 0 Å². The Labute approximate surface area is 121 Å². The molecule has 3 nitrogen and oxygen atoms in total. The van der Waals surface area contributed by atoms with Gasteiger partial charge in [0, 0.05) is 29.6 Å². The van der Waals surface area contributed by atoms with Crippen molar-refractivity contribution in [2.45, 2.75) is 57.5 Å². The van der Waals surface area contributed by atoms with Crippen LogP contribution in [0.2, 0.25) is 0 Å². The van der Waals surface area contributed by atoms with Gasteiger partial charge in [-0.3, -0.25) is 4.90 Å². The smallest absolute Gasteiger partial charge is 0.0941 e. The van der Waals surface area contributed by atoms with Gasteiger partial charge in [-0.25, -0.2) is 4.98 Å². The Hall–Kier alpha value is -0.450. The first-order chi connectivity index (χ1) is 9.20. The maximum absolute atomic E-state index is 4.46. The van der Waals surface area contributed by atoms with Crippen LogP contribution in [-0.2, 0) is 6.42 Å². The highest BCUT2D eigenvalue weighted by Gasteiger charge is 2.38. The molecule has 2 unspecified atom stereocenters. The lowest BCUT2D eigenvalue weighted by Crippen LogP contribution is -2.60. The second kappa shape index (κ2) is 6.82. The van der Waals surface area contributed by atoms with Gasteiger partial charge in [0.1, 0.15) is 0 Å². The van der Waals surface area contributed by atoms with Crippen LogP contribution in [0.1, 0.15) is 44.5 Å². The molecule has 0 aromatic carbocycles. The third-order valence-electron chi connectivity index (χ3n) is 4.76. The SMILES string of the molecule is CCC(C)(C(Cc1nccs1)NC)N1CCCCC1. The molecule has 19 heavy (non-hydrogen) atoms. The standard InChI is InChI=1S/C15H27N3S/c1-4-15(2,18-9-6-5-7-10-18)13(16-3)12-14-17-8-11-19-14/h8,11,13,16H,4-7,9-10,12H2,1-3H3. The van der Waals surface area contributed by atoms with Crippen molar-refractivity contribution in [2.75, 3.05) is 20.1 Å². The molecule has 2 atom stereocenters. The van der Waals surface area contributed by atoms with Gasteiger partial charge in [-0.1, -0.05) is 13.3 Å². The summed E-state index contributed by atoms with van der Waals surface area (Å²) in [6, 6.07) is 0.474. The zero-order valence-electron chi connectivity index (χ0n) is 12.5. The average Bonchev–Trinajstić information content (AvgIpc) is 2.98. The molecule has 0 radical (unpaired) electrons. The third kappa shape index (κ3) is 3.36. The van der Waals surface area contributed by atoms with Crippen LogP contribution in [0, 0.1) is 0 Å². The zero-order chi connectivity index (χ0) is 13.7. The van der Waals surface area contributed by atoms with E-state index in [2.05, 4.69) is 41.5 Å². The number of nitrogens with one attached hydrogen (secondary N) is 1. The highest BCUT2D eigenvalue weighted by atomic mass is 32.1. The van der Waals surface area contributed by atoms with Crippen molar-refractivity contribution in [1.82, 2.24) is 15.2 Å². The van der Waals surface area contributed by atoms with Gasteiger partial charge < -0.3 is 5.32 Å². The first-order valence-corrected chi connectivity index (χ1v) is 8.39. The number of likely N-dealkylation sites (tertiary alicyclic amines) is 1. The number of hydrogen-bond acceptors (Lipinski definition) is 4. The summed E-state index contributed by atoms with van der Waals surface area (Å²) in [6.45, 7) is 7.24. The van der Waals surface area contributed by atoms with Crippen molar-refractivity contribution in [3.05, 3.63) is 16.6 Å². The molecule has 1 aromatic rings. The molecule has 2 rings (SSSR count). The van der Waals surface area contributed by atoms with Gasteiger partial charge in [0.25, 0.3) is 0 Å². The minimum atomic E-state index is 0.237. The predicted molar refractivity (Wildman–Crippen MR) is 82.8 cm³/mol. The topological polar surface area (TPSA) is 28.2 Å². The van der Waals surface area contributed by atoms with Gasteiger partial charge in [-0.05, 0) is 46.3 Å². The van der Waals surface area contributed by atoms with Crippen molar-refractivity contribution in [3.63, 3.8) is 0 Å². The van der Waals surface area contributed by atoms with Crippen molar-refractivity contribution < 1.29 is 0 Å². The number of hydrogen-bond donors (Lipinski definition) is 1. The van der Waals surface area contributed by atoms with E-state index in [-0.39, 0.29) is 5.54 Å². The summed E-state index contributed by atoms with van der Waals surface area (Å²) in [5.74, 6) is 0. The summed E-state index contributed by atoms with van der Waals surface area (Å²) in [4.78, 5) is 7.16. The average molecular weight is 281 g/mol. The summed E-state index contributed by atoms with van der Waals surface area (Å²) in [6.07, 6.45) is 8.23. The van der Waals surface area contributed by atoms with Gasteiger partial charge in [-0.2, -0.15) is 0 Å². The number of piperidine rings is 1. The van der Waals surface area contributed by atoms with Crippen LogP contribution in [-0.4, -0.2) is 41.6 Å². The molecule has 2 heterocycles. The van der Waals surface area contributed by atoms with Gasteiger partial charge in [-0.15, -0.1) is 11.3 Å². The Balaban J connectivity index is 2.11. The molecule has 0 aliphatic carbocycles. The van der Waals surface area contributed by atoms with E-state index in [0.717, 1.165) is 6.42 Å². The summed E-state index contributed by atoms with van der Waals surface area (Å²) in [5, 5.41) is 6.88. The summed E-state index contributed by atoms with van der Waals surface area (Å²) >= 11 is 1.77. The number of likely N-dealkylation sites (N-methyl/N-ethyl adjacent to an activating group) is 1. The molecule has 1 fully saturated rings. The molecule has 0 spiro atoms. The fourth-order valence-corrected chi connectivity index (χ4v) is 3.92. The van der Waals surface area contributed by atoms with E-state index in [1.165, 1.54) is 43.8 Å². The first-order valence-electron chi connectivity index (χ1n) is 7.51. The van der Waals surface area contributed by atoms with Crippen LogP contribution >= 0.6 is 11.3 Å². The Morgan fingerprint density at radius 3 is 2.68 bits per heavy atom. The first kappa shape index (κ1) is 14.9. The minimum absolute atomic E-state index is 0.237. The van der Waals surface area contributed by atoms with Crippen molar-refractivity contribution in [2.24, 2.45) is 0 Å². The summed E-state index contributed by atoms with van der Waals surface area (Å²) in [7, 11) is 2.09. The third-order valence-corrected chi connectivity index (χ3v) is 5.56. The molecule has 4 heteroatoms. The lowest BCUT2D eigenvalue weighted by atomic mass is 9.84. The molecule has 0 amide bonds. The van der Waals surface area contributed by atoms with E-state index in [0.29, 0.717) is 6.04 Å². The molecule has 1 N–H and O–H groups in total. The van der Waals surface area contributed by atoms with Crippen LogP contribution in [0.3, 0.4) is 0 Å². The second-order valence-electron chi connectivity index (χ2n) is 5.73.